The molecular weight excluding hydrogens is 353 g/mol. The first-order chi connectivity index (χ1) is 13.5. The zero-order valence-electron chi connectivity index (χ0n) is 16.6. The second-order valence-electron chi connectivity index (χ2n) is 8.32. The summed E-state index contributed by atoms with van der Waals surface area (Å²) < 4.78 is 13.2. The first kappa shape index (κ1) is 18.9. The third-order valence-corrected chi connectivity index (χ3v) is 6.00. The monoisotopic (exact) mass is 381 g/mol. The molecule has 4 nitrogen and oxygen atoms in total. The lowest BCUT2D eigenvalue weighted by Gasteiger charge is -2.36. The summed E-state index contributed by atoms with van der Waals surface area (Å²) >= 11 is 0. The summed E-state index contributed by atoms with van der Waals surface area (Å²) in [7, 11) is 4.00. The molecule has 3 saturated heterocycles. The molecular formula is C23H28FN3O. The Labute approximate surface area is 166 Å². The number of benzene rings is 2. The number of anilines is 1. The van der Waals surface area contributed by atoms with Crippen LogP contribution >= 0.6 is 0 Å². The molecule has 0 aromatic heterocycles. The van der Waals surface area contributed by atoms with Gasteiger partial charge < -0.3 is 9.80 Å². The van der Waals surface area contributed by atoms with Crippen LogP contribution < -0.4 is 4.90 Å². The molecule has 3 aliphatic heterocycles. The lowest BCUT2D eigenvalue weighted by Crippen LogP contribution is -2.47. The van der Waals surface area contributed by atoms with E-state index in [0.717, 1.165) is 49.4 Å². The predicted octanol–water partition coefficient (Wildman–Crippen LogP) is 3.63. The van der Waals surface area contributed by atoms with E-state index in [1.165, 1.54) is 18.6 Å². The largest absolute Gasteiger partial charge is 0.378 e. The number of carbonyl (C=O) groups is 1. The van der Waals surface area contributed by atoms with Gasteiger partial charge in [-0.1, -0.05) is 12.1 Å². The van der Waals surface area contributed by atoms with Gasteiger partial charge in [0.2, 0.25) is 0 Å². The number of hydrogen-bond donors (Lipinski definition) is 0. The number of carbonyl (C=O) groups excluding carboxylic acids is 1. The predicted molar refractivity (Wildman–Crippen MR) is 110 cm³/mol. The molecule has 2 bridgehead atoms. The number of hydrogen-bond acceptors (Lipinski definition) is 3. The Morgan fingerprint density at radius 2 is 1.71 bits per heavy atom. The van der Waals surface area contributed by atoms with Gasteiger partial charge in [0.1, 0.15) is 5.82 Å². The van der Waals surface area contributed by atoms with Crippen molar-refractivity contribution in [2.45, 2.75) is 25.4 Å². The maximum atomic E-state index is 13.2. The van der Waals surface area contributed by atoms with E-state index in [2.05, 4.69) is 9.80 Å². The zero-order valence-corrected chi connectivity index (χ0v) is 16.6. The first-order valence-corrected chi connectivity index (χ1v) is 10.0. The van der Waals surface area contributed by atoms with Gasteiger partial charge >= 0.3 is 0 Å². The molecule has 0 N–H and O–H groups in total. The maximum absolute atomic E-state index is 13.2. The molecule has 3 heterocycles. The summed E-state index contributed by atoms with van der Waals surface area (Å²) in [6, 6.07) is 14.9. The number of fused-ring (bicyclic) bond motifs is 4. The quantitative estimate of drug-likeness (QED) is 0.809. The third kappa shape index (κ3) is 4.04. The Morgan fingerprint density at radius 1 is 1.00 bits per heavy atom. The molecule has 3 aliphatic rings. The van der Waals surface area contributed by atoms with Gasteiger partial charge in [-0.3, -0.25) is 9.69 Å². The molecule has 1 amide bonds. The van der Waals surface area contributed by atoms with Gasteiger partial charge in [-0.15, -0.1) is 0 Å². The van der Waals surface area contributed by atoms with Crippen LogP contribution in [0.2, 0.25) is 0 Å². The molecule has 2 atom stereocenters. The summed E-state index contributed by atoms with van der Waals surface area (Å²) in [5.74, 6) is 0.449. The lowest BCUT2D eigenvalue weighted by molar-refractivity contribution is 0.0585. The fraction of sp³-hybridized carbons (Fsp3) is 0.435. The second kappa shape index (κ2) is 7.92. The summed E-state index contributed by atoms with van der Waals surface area (Å²) in [6.45, 7) is 3.53. The van der Waals surface area contributed by atoms with Gasteiger partial charge in [0.15, 0.2) is 0 Å². The molecule has 28 heavy (non-hydrogen) atoms. The Kier molecular flexibility index (Phi) is 5.36. The highest BCUT2D eigenvalue weighted by molar-refractivity contribution is 5.95. The zero-order chi connectivity index (χ0) is 19.7. The van der Waals surface area contributed by atoms with E-state index >= 15 is 0 Å². The molecule has 0 saturated carbocycles. The second-order valence-corrected chi connectivity index (χ2v) is 8.32. The highest BCUT2D eigenvalue weighted by atomic mass is 19.1. The highest BCUT2D eigenvalue weighted by Crippen LogP contribution is 2.30. The molecule has 0 aliphatic carbocycles. The minimum absolute atomic E-state index is 0.142. The van der Waals surface area contributed by atoms with Crippen molar-refractivity contribution in [3.05, 3.63) is 65.5 Å². The van der Waals surface area contributed by atoms with Gasteiger partial charge in [-0.05, 0) is 60.7 Å². The number of rotatable bonds is 4. The molecule has 0 spiro atoms. The Hall–Kier alpha value is -2.40. The summed E-state index contributed by atoms with van der Waals surface area (Å²) in [4.78, 5) is 19.7. The van der Waals surface area contributed by atoms with Gasteiger partial charge in [-0.25, -0.2) is 4.39 Å². The van der Waals surface area contributed by atoms with Crippen LogP contribution in [0.3, 0.4) is 0 Å². The van der Waals surface area contributed by atoms with Crippen molar-refractivity contribution < 1.29 is 9.18 Å². The highest BCUT2D eigenvalue weighted by Gasteiger charge is 2.37. The lowest BCUT2D eigenvalue weighted by atomic mass is 9.94. The van der Waals surface area contributed by atoms with Crippen LogP contribution in [0.5, 0.6) is 0 Å². The van der Waals surface area contributed by atoms with Crippen LogP contribution in [-0.4, -0.2) is 55.5 Å². The van der Waals surface area contributed by atoms with Gasteiger partial charge in [-0.2, -0.15) is 0 Å². The maximum Gasteiger partial charge on any atom is 0.254 e. The van der Waals surface area contributed by atoms with Crippen LogP contribution in [-0.2, 0) is 6.54 Å². The minimum Gasteiger partial charge on any atom is -0.378 e. The minimum atomic E-state index is -0.197. The molecule has 3 fully saturated rings. The van der Waals surface area contributed by atoms with E-state index in [1.807, 2.05) is 55.4 Å². The van der Waals surface area contributed by atoms with E-state index in [9.17, 15) is 9.18 Å². The van der Waals surface area contributed by atoms with E-state index in [4.69, 9.17) is 0 Å². The van der Waals surface area contributed by atoms with Crippen LogP contribution in [0.15, 0.2) is 48.5 Å². The molecule has 148 valence electrons. The van der Waals surface area contributed by atoms with Crippen LogP contribution in [0.4, 0.5) is 10.1 Å². The van der Waals surface area contributed by atoms with Crippen molar-refractivity contribution in [2.75, 3.05) is 38.6 Å². The Morgan fingerprint density at radius 3 is 2.39 bits per heavy atom. The van der Waals surface area contributed by atoms with Gasteiger partial charge in [0, 0.05) is 57.6 Å². The number of amides is 1. The number of piperidine rings is 1. The summed E-state index contributed by atoms with van der Waals surface area (Å²) in [6.07, 6.45) is 2.24. The molecule has 2 aromatic carbocycles. The standard InChI is InChI=1S/C23H28FN3O/c1-25(2)21-11-6-19(7-12-21)23(28)27-15-18-5-10-22(27)16-26(14-18)13-17-3-8-20(24)9-4-17/h3-4,6-9,11-12,18,22H,5,10,13-16H2,1-2H3/t18-,22+/m0/s1. The van der Waals surface area contributed by atoms with Crippen molar-refractivity contribution in [3.63, 3.8) is 0 Å². The van der Waals surface area contributed by atoms with Crippen molar-refractivity contribution in [1.82, 2.24) is 9.80 Å². The number of halogens is 1. The SMILES string of the molecule is CN(C)c1ccc(C(=O)N2C[C@H]3CC[C@@H]2CN(Cc2ccc(F)cc2)C3)cc1. The molecule has 2 aromatic rings. The Bertz CT molecular complexity index is 819. The van der Waals surface area contributed by atoms with E-state index in [0.29, 0.717) is 5.92 Å². The molecule has 0 radical (unpaired) electrons. The summed E-state index contributed by atoms with van der Waals surface area (Å²) in [5, 5.41) is 0. The molecule has 5 heteroatoms. The van der Waals surface area contributed by atoms with Crippen molar-refractivity contribution in [1.29, 1.82) is 0 Å². The smallest absolute Gasteiger partial charge is 0.254 e. The topological polar surface area (TPSA) is 26.8 Å². The first-order valence-electron chi connectivity index (χ1n) is 10.0. The third-order valence-electron chi connectivity index (χ3n) is 6.00. The van der Waals surface area contributed by atoms with E-state index < -0.39 is 0 Å². The van der Waals surface area contributed by atoms with Gasteiger partial charge in [0.05, 0.1) is 0 Å². The molecule has 5 rings (SSSR count). The fourth-order valence-electron chi connectivity index (χ4n) is 4.47. The number of nitrogens with zero attached hydrogens (tertiary/aromatic N) is 3. The van der Waals surface area contributed by atoms with E-state index in [-0.39, 0.29) is 17.8 Å². The molecule has 0 unspecified atom stereocenters. The summed E-state index contributed by atoms with van der Waals surface area (Å²) in [5.41, 5.74) is 2.99. The fourth-order valence-corrected chi connectivity index (χ4v) is 4.47. The van der Waals surface area contributed by atoms with Crippen molar-refractivity contribution in [2.24, 2.45) is 5.92 Å². The average molecular weight is 381 g/mol. The Balaban J connectivity index is 1.46. The average Bonchev–Trinajstić information content (AvgIpc) is 3.00. The van der Waals surface area contributed by atoms with Crippen molar-refractivity contribution in [3.8, 4) is 0 Å². The van der Waals surface area contributed by atoms with E-state index in [1.54, 1.807) is 0 Å². The van der Waals surface area contributed by atoms with Crippen LogP contribution in [0.25, 0.3) is 0 Å². The normalized spacial score (nSPS) is 22.2. The van der Waals surface area contributed by atoms with Crippen molar-refractivity contribution >= 4 is 11.6 Å². The van der Waals surface area contributed by atoms with Crippen LogP contribution in [0, 0.1) is 11.7 Å². The van der Waals surface area contributed by atoms with Gasteiger partial charge in [0.25, 0.3) is 5.91 Å². The van der Waals surface area contributed by atoms with Crippen LogP contribution in [0.1, 0.15) is 28.8 Å².